The fourth-order valence-corrected chi connectivity index (χ4v) is 4.10. The van der Waals surface area contributed by atoms with Crippen molar-refractivity contribution < 1.29 is 36.0 Å². The minimum absolute atomic E-state index is 0.208. The Hall–Kier alpha value is -2.45. The van der Waals surface area contributed by atoms with Gasteiger partial charge in [0.2, 0.25) is 11.8 Å². The zero-order valence-electron chi connectivity index (χ0n) is 18.6. The van der Waals surface area contributed by atoms with E-state index in [9.17, 15) is 18.0 Å². The molecule has 14 heteroatoms. The van der Waals surface area contributed by atoms with Crippen LogP contribution in [-0.4, -0.2) is 81.4 Å². The summed E-state index contributed by atoms with van der Waals surface area (Å²) >= 11 is 0. The van der Waals surface area contributed by atoms with Crippen LogP contribution in [0.15, 0.2) is 4.42 Å². The number of hydrogen-bond acceptors (Lipinski definition) is 9. The van der Waals surface area contributed by atoms with Gasteiger partial charge in [-0.05, 0) is 40.0 Å². The van der Waals surface area contributed by atoms with Crippen LogP contribution in [0, 0.1) is 0 Å². The largest absolute Gasteiger partial charge is 0.444 e. The SMILES string of the molecule is CCCN(CCc1nnc([C@@H]2CC[C@@H]3CN2C(=O)N3OS(=O)(=O)O)o1)C(=O)OC(C)(C)C. The number of urea groups is 1. The van der Waals surface area contributed by atoms with E-state index in [1.807, 2.05) is 6.92 Å². The molecular weight excluding hydrogens is 446 g/mol. The van der Waals surface area contributed by atoms with E-state index in [1.54, 1.807) is 25.7 Å². The zero-order valence-corrected chi connectivity index (χ0v) is 19.4. The van der Waals surface area contributed by atoms with Gasteiger partial charge in [0.05, 0.1) is 6.04 Å². The first kappa shape index (κ1) is 24.2. The molecule has 0 saturated carbocycles. The summed E-state index contributed by atoms with van der Waals surface area (Å²) in [6.07, 6.45) is 1.55. The van der Waals surface area contributed by atoms with E-state index in [0.717, 1.165) is 6.42 Å². The number of fused-ring (bicyclic) bond motifs is 2. The lowest BCUT2D eigenvalue weighted by atomic mass is 10.0. The van der Waals surface area contributed by atoms with Crippen LogP contribution in [0.3, 0.4) is 0 Å². The highest BCUT2D eigenvalue weighted by molar-refractivity contribution is 7.80. The molecule has 0 aliphatic carbocycles. The molecule has 1 aromatic rings. The van der Waals surface area contributed by atoms with Crippen molar-refractivity contribution in [1.82, 2.24) is 25.1 Å². The van der Waals surface area contributed by atoms with Gasteiger partial charge in [0.1, 0.15) is 11.6 Å². The van der Waals surface area contributed by atoms with Crippen LogP contribution in [0.5, 0.6) is 0 Å². The molecule has 3 heterocycles. The Kier molecular flexibility index (Phi) is 6.95. The van der Waals surface area contributed by atoms with E-state index in [1.165, 1.54) is 4.90 Å². The van der Waals surface area contributed by atoms with Gasteiger partial charge in [0.15, 0.2) is 0 Å². The highest BCUT2D eigenvalue weighted by Crippen LogP contribution is 2.38. The second-order valence-electron chi connectivity index (χ2n) is 8.76. The van der Waals surface area contributed by atoms with E-state index in [0.29, 0.717) is 43.3 Å². The molecule has 2 atom stereocenters. The molecule has 0 unspecified atom stereocenters. The molecule has 2 aliphatic rings. The van der Waals surface area contributed by atoms with Crippen LogP contribution in [-0.2, 0) is 25.8 Å². The van der Waals surface area contributed by atoms with E-state index in [-0.39, 0.29) is 12.4 Å². The van der Waals surface area contributed by atoms with Crippen molar-refractivity contribution in [2.24, 2.45) is 0 Å². The molecule has 2 fully saturated rings. The van der Waals surface area contributed by atoms with Gasteiger partial charge < -0.3 is 19.0 Å². The normalized spacial score (nSPS) is 21.2. The van der Waals surface area contributed by atoms with Gasteiger partial charge in [-0.15, -0.1) is 14.5 Å². The van der Waals surface area contributed by atoms with Crippen molar-refractivity contribution in [3.63, 3.8) is 0 Å². The van der Waals surface area contributed by atoms with E-state index in [4.69, 9.17) is 13.7 Å². The lowest BCUT2D eigenvalue weighted by Gasteiger charge is -2.27. The summed E-state index contributed by atoms with van der Waals surface area (Å²) in [6.45, 7) is 8.42. The molecule has 3 rings (SSSR count). The van der Waals surface area contributed by atoms with Crippen molar-refractivity contribution in [2.75, 3.05) is 19.6 Å². The van der Waals surface area contributed by atoms with Gasteiger partial charge in [-0.25, -0.2) is 9.59 Å². The maximum Gasteiger partial charge on any atom is 0.418 e. The fraction of sp³-hybridized carbons (Fsp3) is 0.778. The lowest BCUT2D eigenvalue weighted by molar-refractivity contribution is -0.0317. The van der Waals surface area contributed by atoms with Gasteiger partial charge in [-0.2, -0.15) is 13.5 Å². The van der Waals surface area contributed by atoms with Crippen molar-refractivity contribution in [1.29, 1.82) is 0 Å². The number of hydrogen-bond donors (Lipinski definition) is 1. The Bertz CT molecular complexity index is 943. The molecule has 180 valence electrons. The van der Waals surface area contributed by atoms with Crippen molar-refractivity contribution >= 4 is 22.5 Å². The Labute approximate surface area is 186 Å². The van der Waals surface area contributed by atoms with Crippen LogP contribution in [0.1, 0.15) is 64.8 Å². The quantitative estimate of drug-likeness (QED) is 0.551. The number of piperidine rings is 1. The second-order valence-corrected chi connectivity index (χ2v) is 9.77. The Morgan fingerprint density at radius 3 is 2.62 bits per heavy atom. The lowest BCUT2D eigenvalue weighted by Crippen LogP contribution is -2.38. The minimum atomic E-state index is -4.81. The van der Waals surface area contributed by atoms with Gasteiger partial charge in [0.25, 0.3) is 0 Å². The van der Waals surface area contributed by atoms with Gasteiger partial charge in [-0.3, -0.25) is 4.55 Å². The van der Waals surface area contributed by atoms with E-state index < -0.39 is 40.2 Å². The van der Waals surface area contributed by atoms with Crippen LogP contribution in [0.2, 0.25) is 0 Å². The van der Waals surface area contributed by atoms with Crippen LogP contribution in [0.25, 0.3) is 0 Å². The first-order chi connectivity index (χ1) is 14.9. The molecule has 0 radical (unpaired) electrons. The Balaban J connectivity index is 1.63. The number of aromatic nitrogens is 2. The average Bonchev–Trinajstić information content (AvgIpc) is 3.22. The predicted octanol–water partition coefficient (Wildman–Crippen LogP) is 1.93. The van der Waals surface area contributed by atoms with Crippen molar-refractivity contribution in [2.45, 2.75) is 71.1 Å². The van der Waals surface area contributed by atoms with Crippen LogP contribution >= 0.6 is 0 Å². The molecule has 1 N–H and O–H groups in total. The number of rotatable bonds is 8. The first-order valence-corrected chi connectivity index (χ1v) is 11.8. The number of hydroxylamine groups is 2. The maximum atomic E-state index is 12.5. The summed E-state index contributed by atoms with van der Waals surface area (Å²) < 4.78 is 46.5. The standard InChI is InChI=1S/C18H29N5O8S/c1-5-9-21(17(25)30-18(2,3)4)10-8-14-19-20-15(29-14)13-7-6-12-11-22(13)16(24)23(12)31-32(26,27)28/h12-13H,5-11H2,1-4H3,(H,26,27,28)/t12-,13+/m1/s1. The van der Waals surface area contributed by atoms with E-state index in [2.05, 4.69) is 14.5 Å². The Morgan fingerprint density at radius 2 is 2.00 bits per heavy atom. The molecule has 2 bridgehead atoms. The zero-order chi connectivity index (χ0) is 23.7. The monoisotopic (exact) mass is 475 g/mol. The number of amides is 3. The smallest absolute Gasteiger partial charge is 0.418 e. The summed E-state index contributed by atoms with van der Waals surface area (Å²) in [5, 5.41) is 8.74. The molecule has 2 saturated heterocycles. The number of ether oxygens (including phenoxy) is 1. The third-order valence-corrected chi connectivity index (χ3v) is 5.35. The third kappa shape index (κ3) is 5.86. The topological polar surface area (TPSA) is 156 Å². The average molecular weight is 476 g/mol. The summed E-state index contributed by atoms with van der Waals surface area (Å²) in [4.78, 5) is 27.9. The summed E-state index contributed by atoms with van der Waals surface area (Å²) in [6, 6.07) is -1.74. The summed E-state index contributed by atoms with van der Waals surface area (Å²) in [5.41, 5.74) is -0.602. The molecule has 0 spiro atoms. The molecule has 0 aromatic carbocycles. The first-order valence-electron chi connectivity index (χ1n) is 10.4. The minimum Gasteiger partial charge on any atom is -0.444 e. The van der Waals surface area contributed by atoms with Crippen LogP contribution in [0.4, 0.5) is 9.59 Å². The molecule has 32 heavy (non-hydrogen) atoms. The number of carbonyl (C=O) groups is 2. The van der Waals surface area contributed by atoms with Crippen molar-refractivity contribution in [3.8, 4) is 0 Å². The van der Waals surface area contributed by atoms with Crippen LogP contribution < -0.4 is 0 Å². The van der Waals surface area contributed by atoms with Gasteiger partial charge in [0, 0.05) is 26.1 Å². The number of nitrogens with zero attached hydrogens (tertiary/aromatic N) is 5. The highest BCUT2D eigenvalue weighted by Gasteiger charge is 2.49. The van der Waals surface area contributed by atoms with Gasteiger partial charge >= 0.3 is 22.5 Å². The Morgan fingerprint density at radius 1 is 1.28 bits per heavy atom. The molecule has 3 amide bonds. The molecule has 2 aliphatic heterocycles. The molecular formula is C18H29N5O8S. The molecule has 1 aromatic heterocycles. The highest BCUT2D eigenvalue weighted by atomic mass is 32.3. The summed E-state index contributed by atoms with van der Waals surface area (Å²) in [7, 11) is -4.81. The van der Waals surface area contributed by atoms with E-state index >= 15 is 0 Å². The maximum absolute atomic E-state index is 12.5. The van der Waals surface area contributed by atoms with Crippen molar-refractivity contribution in [3.05, 3.63) is 11.8 Å². The third-order valence-electron chi connectivity index (χ3n) is 5.01. The predicted molar refractivity (Wildman–Crippen MR) is 108 cm³/mol. The summed E-state index contributed by atoms with van der Waals surface area (Å²) in [5.74, 6) is 0.532. The van der Waals surface area contributed by atoms with Gasteiger partial charge in [-0.1, -0.05) is 6.92 Å². The molecule has 13 nitrogen and oxygen atoms in total. The number of carbonyl (C=O) groups excluding carboxylic acids is 2. The second kappa shape index (κ2) is 9.19. The fourth-order valence-electron chi connectivity index (χ4n) is 3.71.